The Hall–Kier alpha value is -1.61. The molecule has 0 saturated heterocycles. The van der Waals surface area contributed by atoms with Crippen molar-refractivity contribution in [2.24, 2.45) is 5.73 Å². The summed E-state index contributed by atoms with van der Waals surface area (Å²) in [5, 5.41) is 0. The van der Waals surface area contributed by atoms with Crippen molar-refractivity contribution in [2.45, 2.75) is 25.7 Å². The molecule has 3 nitrogen and oxygen atoms in total. The van der Waals surface area contributed by atoms with Gasteiger partial charge in [-0.15, -0.1) is 0 Å². The van der Waals surface area contributed by atoms with Gasteiger partial charge in [0.1, 0.15) is 11.5 Å². The number of fused-ring (bicyclic) bond motifs is 1. The fourth-order valence-electron chi connectivity index (χ4n) is 2.53. The Morgan fingerprint density at radius 1 is 1.24 bits per heavy atom. The fraction of sp³-hybridized carbons (Fsp3) is 0.357. The Morgan fingerprint density at radius 2 is 2.12 bits per heavy atom. The summed E-state index contributed by atoms with van der Waals surface area (Å²) in [6.45, 7) is 0.590. The summed E-state index contributed by atoms with van der Waals surface area (Å²) in [5.41, 5.74) is 10.6. The van der Waals surface area contributed by atoms with E-state index in [-0.39, 0.29) is 0 Å². The molecule has 0 atom stereocenters. The Morgan fingerprint density at radius 3 is 3.00 bits per heavy atom. The molecule has 88 valence electrons. The van der Waals surface area contributed by atoms with E-state index in [0.29, 0.717) is 6.54 Å². The number of oxazole rings is 1. The zero-order valence-corrected chi connectivity index (χ0v) is 9.78. The number of hydrogen-bond acceptors (Lipinski definition) is 3. The highest BCUT2D eigenvalue weighted by molar-refractivity contribution is 5.63. The van der Waals surface area contributed by atoms with E-state index in [1.807, 2.05) is 0 Å². The van der Waals surface area contributed by atoms with E-state index in [2.05, 4.69) is 23.2 Å². The average molecular weight is 228 g/mol. The molecule has 2 aromatic rings. The predicted molar refractivity (Wildman–Crippen MR) is 66.7 cm³/mol. The lowest BCUT2D eigenvalue weighted by atomic mass is 10.0. The number of rotatable bonds is 3. The number of nitrogens with two attached hydrogens (primary N) is 1. The lowest BCUT2D eigenvalue weighted by Gasteiger charge is -2.04. The number of benzene rings is 1. The minimum Gasteiger partial charge on any atom is -0.448 e. The molecule has 0 spiro atoms. The molecule has 1 aliphatic rings. The zero-order chi connectivity index (χ0) is 11.7. The Labute approximate surface area is 101 Å². The lowest BCUT2D eigenvalue weighted by Crippen LogP contribution is -2.02. The minimum absolute atomic E-state index is 0.590. The molecule has 0 aliphatic heterocycles. The topological polar surface area (TPSA) is 52.0 Å². The average Bonchev–Trinajstić information content (AvgIpc) is 2.96. The predicted octanol–water partition coefficient (Wildman–Crippen LogP) is 2.33. The van der Waals surface area contributed by atoms with Crippen molar-refractivity contribution in [1.29, 1.82) is 0 Å². The summed E-state index contributed by atoms with van der Waals surface area (Å²) in [4.78, 5) is 4.31. The Bertz CT molecular complexity index is 531. The first-order valence-electron chi connectivity index (χ1n) is 6.13. The van der Waals surface area contributed by atoms with Crippen molar-refractivity contribution in [3.63, 3.8) is 0 Å². The Balaban J connectivity index is 2.00. The zero-order valence-electron chi connectivity index (χ0n) is 9.78. The van der Waals surface area contributed by atoms with Gasteiger partial charge in [-0.3, -0.25) is 0 Å². The number of nitrogens with zero attached hydrogens (tertiary/aromatic N) is 1. The first-order chi connectivity index (χ1) is 8.38. The molecule has 0 fully saturated rings. The van der Waals surface area contributed by atoms with E-state index < -0.39 is 0 Å². The van der Waals surface area contributed by atoms with Crippen molar-refractivity contribution in [3.8, 4) is 11.3 Å². The van der Waals surface area contributed by atoms with Gasteiger partial charge in [0.05, 0.1) is 0 Å². The van der Waals surface area contributed by atoms with Gasteiger partial charge in [-0.2, -0.15) is 0 Å². The van der Waals surface area contributed by atoms with Crippen LogP contribution in [0.2, 0.25) is 0 Å². The van der Waals surface area contributed by atoms with Crippen molar-refractivity contribution in [3.05, 3.63) is 41.5 Å². The van der Waals surface area contributed by atoms with Crippen LogP contribution in [0.4, 0.5) is 0 Å². The second-order valence-corrected chi connectivity index (χ2v) is 4.50. The van der Waals surface area contributed by atoms with Gasteiger partial charge in [0, 0.05) is 12.0 Å². The van der Waals surface area contributed by atoms with E-state index in [1.165, 1.54) is 36.8 Å². The highest BCUT2D eigenvalue weighted by Gasteiger charge is 2.14. The van der Waals surface area contributed by atoms with E-state index in [1.54, 1.807) is 0 Å². The van der Waals surface area contributed by atoms with Gasteiger partial charge in [0.25, 0.3) is 0 Å². The molecule has 2 N–H and O–H groups in total. The van der Waals surface area contributed by atoms with Crippen LogP contribution in [0.25, 0.3) is 11.3 Å². The van der Waals surface area contributed by atoms with Crippen molar-refractivity contribution < 1.29 is 4.42 Å². The standard InChI is InChI=1S/C14H16N2O/c15-7-6-13-14(16-9-17-13)12-5-4-10-2-1-3-11(10)8-12/h4-5,8-9H,1-3,6-7,15H2. The van der Waals surface area contributed by atoms with Crippen molar-refractivity contribution in [2.75, 3.05) is 6.54 Å². The van der Waals surface area contributed by atoms with Crippen LogP contribution in [-0.4, -0.2) is 11.5 Å². The molecule has 17 heavy (non-hydrogen) atoms. The largest absolute Gasteiger partial charge is 0.448 e. The second-order valence-electron chi connectivity index (χ2n) is 4.50. The summed E-state index contributed by atoms with van der Waals surface area (Å²) in [5.74, 6) is 0.894. The summed E-state index contributed by atoms with van der Waals surface area (Å²) in [6.07, 6.45) is 5.92. The van der Waals surface area contributed by atoms with Gasteiger partial charge in [-0.1, -0.05) is 12.1 Å². The number of aromatic nitrogens is 1. The summed E-state index contributed by atoms with van der Waals surface area (Å²) in [7, 11) is 0. The third-order valence-corrected chi connectivity index (χ3v) is 3.38. The highest BCUT2D eigenvalue weighted by Crippen LogP contribution is 2.29. The normalized spacial score (nSPS) is 13.9. The van der Waals surface area contributed by atoms with Crippen LogP contribution in [0.1, 0.15) is 23.3 Å². The molecule has 0 saturated carbocycles. The Kier molecular flexibility index (Phi) is 2.69. The second kappa shape index (κ2) is 4.34. The molecule has 1 aromatic heterocycles. The van der Waals surface area contributed by atoms with Gasteiger partial charge >= 0.3 is 0 Å². The molecule has 0 radical (unpaired) electrons. The molecule has 3 heteroatoms. The van der Waals surface area contributed by atoms with Crippen LogP contribution in [0.3, 0.4) is 0 Å². The van der Waals surface area contributed by atoms with Gasteiger partial charge in [-0.05, 0) is 43.0 Å². The number of aryl methyl sites for hydroxylation is 2. The van der Waals surface area contributed by atoms with Crippen molar-refractivity contribution >= 4 is 0 Å². The molecule has 1 heterocycles. The van der Waals surface area contributed by atoms with E-state index in [4.69, 9.17) is 10.2 Å². The molecule has 1 aliphatic carbocycles. The smallest absolute Gasteiger partial charge is 0.181 e. The summed E-state index contributed by atoms with van der Waals surface area (Å²) < 4.78 is 5.39. The van der Waals surface area contributed by atoms with Gasteiger partial charge in [-0.25, -0.2) is 4.98 Å². The van der Waals surface area contributed by atoms with E-state index in [9.17, 15) is 0 Å². The first kappa shape index (κ1) is 10.5. The molecule has 1 aromatic carbocycles. The maximum atomic E-state index is 5.57. The highest BCUT2D eigenvalue weighted by atomic mass is 16.3. The van der Waals surface area contributed by atoms with Crippen molar-refractivity contribution in [1.82, 2.24) is 4.98 Å². The molecule has 0 amide bonds. The lowest BCUT2D eigenvalue weighted by molar-refractivity contribution is 0.506. The first-order valence-corrected chi connectivity index (χ1v) is 6.13. The maximum Gasteiger partial charge on any atom is 0.181 e. The molecule has 0 unspecified atom stereocenters. The summed E-state index contributed by atoms with van der Waals surface area (Å²) >= 11 is 0. The van der Waals surface area contributed by atoms with Crippen LogP contribution >= 0.6 is 0 Å². The summed E-state index contributed by atoms with van der Waals surface area (Å²) in [6, 6.07) is 6.61. The van der Waals surface area contributed by atoms with Crippen LogP contribution in [-0.2, 0) is 19.3 Å². The fourth-order valence-corrected chi connectivity index (χ4v) is 2.53. The molecule has 0 bridgehead atoms. The van der Waals surface area contributed by atoms with E-state index in [0.717, 1.165) is 23.4 Å². The molecular formula is C14H16N2O. The number of hydrogen-bond donors (Lipinski definition) is 1. The monoisotopic (exact) mass is 228 g/mol. The SMILES string of the molecule is NCCc1ocnc1-c1ccc2c(c1)CCC2. The minimum atomic E-state index is 0.590. The molecular weight excluding hydrogens is 212 g/mol. The van der Waals surface area contributed by atoms with Crippen LogP contribution in [0.5, 0.6) is 0 Å². The van der Waals surface area contributed by atoms with Crippen LogP contribution < -0.4 is 5.73 Å². The van der Waals surface area contributed by atoms with Crippen LogP contribution in [0, 0.1) is 0 Å². The van der Waals surface area contributed by atoms with Gasteiger partial charge < -0.3 is 10.2 Å². The maximum absolute atomic E-state index is 5.57. The van der Waals surface area contributed by atoms with Gasteiger partial charge in [0.2, 0.25) is 0 Å². The van der Waals surface area contributed by atoms with Crippen LogP contribution in [0.15, 0.2) is 29.0 Å². The third-order valence-electron chi connectivity index (χ3n) is 3.38. The van der Waals surface area contributed by atoms with E-state index >= 15 is 0 Å². The van der Waals surface area contributed by atoms with Gasteiger partial charge in [0.15, 0.2) is 6.39 Å². The third kappa shape index (κ3) is 1.87. The quantitative estimate of drug-likeness (QED) is 0.877. The molecule has 3 rings (SSSR count).